The van der Waals surface area contributed by atoms with Crippen molar-refractivity contribution in [2.75, 3.05) is 0 Å². The Bertz CT molecular complexity index is 494. The zero-order chi connectivity index (χ0) is 9.71. The highest BCUT2D eigenvalue weighted by atomic mass is 19.1. The van der Waals surface area contributed by atoms with E-state index < -0.39 is 0 Å². The highest BCUT2D eigenvalue weighted by Crippen LogP contribution is 2.38. The van der Waals surface area contributed by atoms with Gasteiger partial charge in [-0.15, -0.1) is 0 Å². The van der Waals surface area contributed by atoms with Gasteiger partial charge in [0.15, 0.2) is 0 Å². The van der Waals surface area contributed by atoms with E-state index in [0.29, 0.717) is 6.04 Å². The molecule has 3 rings (SSSR count). The molecule has 72 valence electrons. The van der Waals surface area contributed by atoms with Gasteiger partial charge >= 0.3 is 0 Å². The predicted molar refractivity (Wildman–Crippen MR) is 54.9 cm³/mol. The minimum atomic E-state index is -0.106. The molecule has 1 nitrogen and oxygen atoms in total. The largest absolute Gasteiger partial charge is 0.344 e. The van der Waals surface area contributed by atoms with Gasteiger partial charge in [0.05, 0.1) is 5.52 Å². The second kappa shape index (κ2) is 2.59. The van der Waals surface area contributed by atoms with Crippen LogP contribution < -0.4 is 0 Å². The maximum Gasteiger partial charge on any atom is 0.132 e. The number of nitrogens with zero attached hydrogens (tertiary/aromatic N) is 1. The Morgan fingerprint density at radius 2 is 2.07 bits per heavy atom. The Labute approximate surface area is 82.2 Å². The van der Waals surface area contributed by atoms with Crippen molar-refractivity contribution in [1.82, 2.24) is 4.57 Å². The molecular formula is C12H12FN. The fourth-order valence-electron chi connectivity index (χ4n) is 2.08. The van der Waals surface area contributed by atoms with Gasteiger partial charge in [0.2, 0.25) is 0 Å². The number of hydrogen-bond donors (Lipinski definition) is 0. The third-order valence-corrected chi connectivity index (χ3v) is 2.97. The molecule has 0 radical (unpaired) electrons. The Morgan fingerprint density at radius 1 is 1.29 bits per heavy atom. The van der Waals surface area contributed by atoms with Crippen LogP contribution in [0, 0.1) is 12.7 Å². The van der Waals surface area contributed by atoms with E-state index in [9.17, 15) is 4.39 Å². The minimum absolute atomic E-state index is 0.106. The van der Waals surface area contributed by atoms with Crippen LogP contribution in [-0.2, 0) is 0 Å². The Morgan fingerprint density at radius 3 is 2.79 bits per heavy atom. The fraction of sp³-hybridized carbons (Fsp3) is 0.333. The minimum Gasteiger partial charge on any atom is -0.344 e. The lowest BCUT2D eigenvalue weighted by Gasteiger charge is -2.05. The molecule has 1 fully saturated rings. The van der Waals surface area contributed by atoms with Crippen LogP contribution in [-0.4, -0.2) is 4.57 Å². The highest BCUT2D eigenvalue weighted by molar-refractivity contribution is 5.84. The van der Waals surface area contributed by atoms with Crippen molar-refractivity contribution in [1.29, 1.82) is 0 Å². The van der Waals surface area contributed by atoms with E-state index in [2.05, 4.69) is 4.57 Å². The van der Waals surface area contributed by atoms with Crippen molar-refractivity contribution in [3.63, 3.8) is 0 Å². The van der Waals surface area contributed by atoms with E-state index in [4.69, 9.17) is 0 Å². The molecule has 1 heterocycles. The van der Waals surface area contributed by atoms with Crippen LogP contribution in [0.25, 0.3) is 10.9 Å². The lowest BCUT2D eigenvalue weighted by molar-refractivity contribution is 0.639. The van der Waals surface area contributed by atoms with Gasteiger partial charge in [0, 0.05) is 17.6 Å². The predicted octanol–water partition coefficient (Wildman–Crippen LogP) is 3.42. The molecule has 0 spiro atoms. The van der Waals surface area contributed by atoms with Crippen LogP contribution in [0.2, 0.25) is 0 Å². The highest BCUT2D eigenvalue weighted by Gasteiger charge is 2.25. The molecule has 1 saturated carbocycles. The van der Waals surface area contributed by atoms with Crippen molar-refractivity contribution in [3.8, 4) is 0 Å². The molecule has 2 aromatic rings. The van der Waals surface area contributed by atoms with Gasteiger partial charge in [0.1, 0.15) is 5.82 Å². The van der Waals surface area contributed by atoms with Crippen LogP contribution in [0.5, 0.6) is 0 Å². The lowest BCUT2D eigenvalue weighted by Crippen LogP contribution is -1.93. The Balaban J connectivity index is 2.37. The van der Waals surface area contributed by atoms with Crippen LogP contribution >= 0.6 is 0 Å². The zero-order valence-corrected chi connectivity index (χ0v) is 8.13. The summed E-state index contributed by atoms with van der Waals surface area (Å²) >= 11 is 0. The molecule has 1 aliphatic rings. The number of rotatable bonds is 1. The van der Waals surface area contributed by atoms with E-state index >= 15 is 0 Å². The van der Waals surface area contributed by atoms with Crippen molar-refractivity contribution < 1.29 is 4.39 Å². The number of halogens is 1. The first-order chi connectivity index (χ1) is 6.77. The molecule has 0 aliphatic heterocycles. The second-order valence-electron chi connectivity index (χ2n) is 4.08. The molecule has 0 saturated heterocycles. The number of aromatic nitrogens is 1. The van der Waals surface area contributed by atoms with E-state index in [1.807, 2.05) is 25.3 Å². The maximum absolute atomic E-state index is 13.5. The summed E-state index contributed by atoms with van der Waals surface area (Å²) in [4.78, 5) is 0. The average Bonchev–Trinajstić information content (AvgIpc) is 2.91. The van der Waals surface area contributed by atoms with E-state index in [0.717, 1.165) is 10.9 Å². The summed E-state index contributed by atoms with van der Waals surface area (Å²) in [5.41, 5.74) is 2.24. The van der Waals surface area contributed by atoms with Gasteiger partial charge in [-0.2, -0.15) is 0 Å². The summed E-state index contributed by atoms with van der Waals surface area (Å²) in [5, 5.41) is 0.761. The van der Waals surface area contributed by atoms with Crippen LogP contribution in [0.3, 0.4) is 0 Å². The number of aryl methyl sites for hydroxylation is 1. The number of hydrogen-bond acceptors (Lipinski definition) is 0. The van der Waals surface area contributed by atoms with Crippen LogP contribution in [0.15, 0.2) is 24.4 Å². The van der Waals surface area contributed by atoms with Gasteiger partial charge < -0.3 is 4.57 Å². The van der Waals surface area contributed by atoms with Crippen molar-refractivity contribution in [2.24, 2.45) is 0 Å². The fourth-order valence-corrected chi connectivity index (χ4v) is 2.08. The quantitative estimate of drug-likeness (QED) is 0.647. The van der Waals surface area contributed by atoms with Crippen LogP contribution in [0.1, 0.15) is 24.4 Å². The number of benzene rings is 1. The molecule has 0 atom stereocenters. The topological polar surface area (TPSA) is 4.93 Å². The molecule has 0 amide bonds. The van der Waals surface area contributed by atoms with Crippen molar-refractivity contribution >= 4 is 10.9 Å². The summed E-state index contributed by atoms with van der Waals surface area (Å²) in [5.74, 6) is -0.106. The van der Waals surface area contributed by atoms with E-state index in [1.165, 1.54) is 18.4 Å². The van der Waals surface area contributed by atoms with Gasteiger partial charge in [-0.25, -0.2) is 4.39 Å². The second-order valence-corrected chi connectivity index (χ2v) is 4.08. The third kappa shape index (κ3) is 0.999. The molecule has 0 bridgehead atoms. The van der Waals surface area contributed by atoms with Crippen LogP contribution in [0.4, 0.5) is 4.39 Å². The summed E-state index contributed by atoms with van der Waals surface area (Å²) in [7, 11) is 0. The third-order valence-electron chi connectivity index (χ3n) is 2.97. The lowest BCUT2D eigenvalue weighted by atomic mass is 10.1. The molecule has 14 heavy (non-hydrogen) atoms. The van der Waals surface area contributed by atoms with E-state index in [-0.39, 0.29) is 5.82 Å². The SMILES string of the molecule is Cc1ccc(F)c2ccn(C3CC3)c12. The summed E-state index contributed by atoms with van der Waals surface area (Å²) in [6.07, 6.45) is 4.48. The monoisotopic (exact) mass is 189 g/mol. The van der Waals surface area contributed by atoms with E-state index in [1.54, 1.807) is 6.07 Å². The first-order valence-corrected chi connectivity index (χ1v) is 5.03. The summed E-state index contributed by atoms with van der Waals surface area (Å²) in [6, 6.07) is 5.91. The normalized spacial score (nSPS) is 16.4. The molecule has 1 aliphatic carbocycles. The Hall–Kier alpha value is -1.31. The summed E-state index contributed by atoms with van der Waals surface area (Å²) < 4.78 is 15.7. The van der Waals surface area contributed by atoms with Gasteiger partial charge in [-0.3, -0.25) is 0 Å². The molecule has 0 unspecified atom stereocenters. The van der Waals surface area contributed by atoms with Gasteiger partial charge in [-0.05, 0) is 37.5 Å². The zero-order valence-electron chi connectivity index (χ0n) is 8.13. The molecule has 0 N–H and O–H groups in total. The molecule has 1 aromatic heterocycles. The Kier molecular flexibility index (Phi) is 1.49. The molecule has 1 aromatic carbocycles. The first-order valence-electron chi connectivity index (χ1n) is 5.03. The van der Waals surface area contributed by atoms with Gasteiger partial charge in [-0.1, -0.05) is 6.07 Å². The summed E-state index contributed by atoms with van der Waals surface area (Å²) in [6.45, 7) is 2.04. The maximum atomic E-state index is 13.5. The smallest absolute Gasteiger partial charge is 0.132 e. The molecule has 2 heteroatoms. The first kappa shape index (κ1) is 8.04. The van der Waals surface area contributed by atoms with Crippen molar-refractivity contribution in [2.45, 2.75) is 25.8 Å². The van der Waals surface area contributed by atoms with Gasteiger partial charge in [0.25, 0.3) is 0 Å². The van der Waals surface area contributed by atoms with Crippen molar-refractivity contribution in [3.05, 3.63) is 35.8 Å². The number of fused-ring (bicyclic) bond motifs is 1. The standard InChI is InChI=1S/C12H12FN/c1-8-2-5-11(13)10-6-7-14(12(8)10)9-3-4-9/h2,5-7,9H,3-4H2,1H3. The average molecular weight is 189 g/mol. The molecular weight excluding hydrogens is 177 g/mol.